The first-order chi connectivity index (χ1) is 9.53. The lowest BCUT2D eigenvalue weighted by atomic mass is 10.3. The van der Waals surface area contributed by atoms with Crippen LogP contribution in [0.2, 0.25) is 44.4 Å². The maximum atomic E-state index is 11.3. The Kier molecular flexibility index (Phi) is 9.90. The van der Waals surface area contributed by atoms with Crippen LogP contribution in [0.25, 0.3) is 0 Å². The first-order valence-electron chi connectivity index (χ1n) is 7.75. The van der Waals surface area contributed by atoms with Gasteiger partial charge in [-0.25, -0.2) is 0 Å². The van der Waals surface area contributed by atoms with Gasteiger partial charge >= 0.3 is 0 Å². The fourth-order valence-electron chi connectivity index (χ4n) is 1.60. The van der Waals surface area contributed by atoms with Crippen molar-refractivity contribution >= 4 is 42.1 Å². The summed E-state index contributed by atoms with van der Waals surface area (Å²) in [4.78, 5) is 11.3. The standard InChI is InChI=1S/C13H33NO3Si4/c1-12(2)13(15)14-9-8-10-18-17-21(6,7)11-19-16-20(3,4)5/h1,8-11,18-19H2,2-7H3,(H,14,15). The van der Waals surface area contributed by atoms with E-state index in [1.807, 2.05) is 0 Å². The van der Waals surface area contributed by atoms with Crippen LogP contribution in [0, 0.1) is 0 Å². The number of amides is 1. The third-order valence-corrected chi connectivity index (χ3v) is 17.6. The second-order valence-electron chi connectivity index (χ2n) is 7.06. The number of carbonyl (C=O) groups is 1. The average molecular weight is 364 g/mol. The van der Waals surface area contributed by atoms with Crippen molar-refractivity contribution in [3.8, 4) is 0 Å². The molecule has 0 fully saturated rings. The van der Waals surface area contributed by atoms with Crippen molar-refractivity contribution in [1.29, 1.82) is 0 Å². The quantitative estimate of drug-likeness (QED) is 0.345. The highest BCUT2D eigenvalue weighted by Crippen LogP contribution is 2.12. The summed E-state index contributed by atoms with van der Waals surface area (Å²) in [5.74, 6) is -0.0400. The molecule has 4 nitrogen and oxygen atoms in total. The number of nitrogens with one attached hydrogen (secondary N) is 1. The molecule has 124 valence electrons. The minimum Gasteiger partial charge on any atom is -0.461 e. The second-order valence-corrected chi connectivity index (χ2v) is 20.6. The van der Waals surface area contributed by atoms with E-state index in [0.717, 1.165) is 19.0 Å². The Hall–Kier alpha value is -0.00247. The molecule has 1 amide bonds. The van der Waals surface area contributed by atoms with E-state index in [0.29, 0.717) is 5.57 Å². The van der Waals surface area contributed by atoms with Gasteiger partial charge in [0.15, 0.2) is 16.6 Å². The van der Waals surface area contributed by atoms with Gasteiger partial charge in [-0.3, -0.25) is 4.79 Å². The van der Waals surface area contributed by atoms with Crippen LogP contribution in [0.5, 0.6) is 0 Å². The smallest absolute Gasteiger partial charge is 0.246 e. The molecule has 0 aliphatic carbocycles. The van der Waals surface area contributed by atoms with Crippen LogP contribution in [-0.2, 0) is 13.0 Å². The van der Waals surface area contributed by atoms with Crippen LogP contribution >= 0.6 is 0 Å². The zero-order valence-corrected chi connectivity index (χ0v) is 19.5. The van der Waals surface area contributed by atoms with E-state index in [9.17, 15) is 4.79 Å². The molecule has 0 aromatic rings. The molecule has 0 aliphatic heterocycles. The summed E-state index contributed by atoms with van der Waals surface area (Å²) < 4.78 is 12.3. The molecule has 0 saturated heterocycles. The van der Waals surface area contributed by atoms with Crippen LogP contribution in [0.1, 0.15) is 13.3 Å². The van der Waals surface area contributed by atoms with Gasteiger partial charge in [0, 0.05) is 12.1 Å². The van der Waals surface area contributed by atoms with Gasteiger partial charge in [0.2, 0.25) is 5.91 Å². The van der Waals surface area contributed by atoms with Crippen LogP contribution in [-0.4, -0.2) is 48.6 Å². The predicted octanol–water partition coefficient (Wildman–Crippen LogP) is 1.69. The summed E-state index contributed by atoms with van der Waals surface area (Å²) in [6.45, 7) is 17.5. The Morgan fingerprint density at radius 3 is 2.29 bits per heavy atom. The fourth-order valence-corrected chi connectivity index (χ4v) is 12.5. The van der Waals surface area contributed by atoms with Crippen molar-refractivity contribution < 1.29 is 13.0 Å². The molecule has 0 aliphatic rings. The summed E-state index contributed by atoms with van der Waals surface area (Å²) in [6.07, 6.45) is 1.01. The number of hydrogen-bond acceptors (Lipinski definition) is 3. The van der Waals surface area contributed by atoms with Crippen molar-refractivity contribution in [2.75, 3.05) is 6.54 Å². The Labute approximate surface area is 137 Å². The molecule has 0 unspecified atom stereocenters. The van der Waals surface area contributed by atoms with Gasteiger partial charge in [-0.1, -0.05) is 6.58 Å². The summed E-state index contributed by atoms with van der Waals surface area (Å²) in [5.41, 5.74) is 1.79. The monoisotopic (exact) mass is 363 g/mol. The Bertz CT molecular complexity index is 343. The molecule has 0 rings (SSSR count). The molecule has 21 heavy (non-hydrogen) atoms. The molecule has 0 aromatic carbocycles. The van der Waals surface area contributed by atoms with Crippen molar-refractivity contribution in [3.05, 3.63) is 12.2 Å². The van der Waals surface area contributed by atoms with E-state index >= 15 is 0 Å². The van der Waals surface area contributed by atoms with Crippen LogP contribution in [0.3, 0.4) is 0 Å². The SMILES string of the molecule is C=C(C)C(=O)NCCC[SiH2]O[Si](C)(C)C[SiH2]O[Si](C)(C)C. The van der Waals surface area contributed by atoms with E-state index in [2.05, 4.69) is 44.6 Å². The van der Waals surface area contributed by atoms with Crippen LogP contribution in [0.4, 0.5) is 0 Å². The lowest BCUT2D eigenvalue weighted by Crippen LogP contribution is -2.37. The van der Waals surface area contributed by atoms with Gasteiger partial charge in [-0.2, -0.15) is 0 Å². The molecular formula is C13H33NO3Si4. The van der Waals surface area contributed by atoms with Crippen molar-refractivity contribution in [3.63, 3.8) is 0 Å². The fraction of sp³-hybridized carbons (Fsp3) is 0.769. The van der Waals surface area contributed by atoms with Crippen molar-refractivity contribution in [2.24, 2.45) is 0 Å². The molecule has 0 bridgehead atoms. The Morgan fingerprint density at radius 2 is 1.76 bits per heavy atom. The minimum absolute atomic E-state index is 0.0400. The average Bonchev–Trinajstić information content (AvgIpc) is 2.30. The highest BCUT2D eigenvalue weighted by Gasteiger charge is 2.23. The zero-order valence-electron chi connectivity index (χ0n) is 14.7. The minimum atomic E-state index is -1.48. The molecule has 0 radical (unpaired) electrons. The molecule has 1 N–H and O–H groups in total. The van der Waals surface area contributed by atoms with Gasteiger partial charge in [0.05, 0.1) is 0 Å². The van der Waals surface area contributed by atoms with Gasteiger partial charge in [0.1, 0.15) is 19.5 Å². The van der Waals surface area contributed by atoms with Gasteiger partial charge in [-0.05, 0) is 57.8 Å². The van der Waals surface area contributed by atoms with E-state index in [1.165, 1.54) is 5.67 Å². The predicted molar refractivity (Wildman–Crippen MR) is 102 cm³/mol. The summed E-state index contributed by atoms with van der Waals surface area (Å²) in [6, 6.07) is 1.13. The van der Waals surface area contributed by atoms with Crippen LogP contribution in [0.15, 0.2) is 12.2 Å². The molecule has 0 saturated carbocycles. The third-order valence-electron chi connectivity index (χ3n) is 2.98. The first-order valence-corrected chi connectivity index (χ1v) is 17.4. The summed E-state index contributed by atoms with van der Waals surface area (Å²) >= 11 is 0. The number of hydrogen-bond donors (Lipinski definition) is 1. The lowest BCUT2D eigenvalue weighted by Gasteiger charge is -2.25. The van der Waals surface area contributed by atoms with Gasteiger partial charge in [-0.15, -0.1) is 0 Å². The molecule has 0 aromatic heterocycles. The molecule has 8 heteroatoms. The van der Waals surface area contributed by atoms with Crippen molar-refractivity contribution in [1.82, 2.24) is 5.32 Å². The van der Waals surface area contributed by atoms with Crippen LogP contribution < -0.4 is 5.32 Å². The summed E-state index contributed by atoms with van der Waals surface area (Å²) in [5, 5.41) is 2.86. The number of carbonyl (C=O) groups excluding carboxylic acids is 1. The van der Waals surface area contributed by atoms with Gasteiger partial charge < -0.3 is 13.5 Å². The Balaban J connectivity index is 3.66. The summed E-state index contributed by atoms with van der Waals surface area (Å²) in [7, 11) is -3.68. The topological polar surface area (TPSA) is 47.6 Å². The second kappa shape index (κ2) is 9.90. The maximum Gasteiger partial charge on any atom is 0.246 e. The third kappa shape index (κ3) is 13.4. The van der Waals surface area contributed by atoms with E-state index < -0.39 is 36.2 Å². The Morgan fingerprint density at radius 1 is 1.14 bits per heavy atom. The number of rotatable bonds is 11. The first kappa shape index (κ1) is 21.0. The van der Waals surface area contributed by atoms with E-state index in [4.69, 9.17) is 8.23 Å². The highest BCUT2D eigenvalue weighted by molar-refractivity contribution is 6.83. The molecular weight excluding hydrogens is 330 g/mol. The highest BCUT2D eigenvalue weighted by atomic mass is 28.4. The van der Waals surface area contributed by atoms with E-state index in [1.54, 1.807) is 6.92 Å². The zero-order chi connectivity index (χ0) is 16.5. The maximum absolute atomic E-state index is 11.3. The van der Waals surface area contributed by atoms with Crippen molar-refractivity contribution in [2.45, 2.75) is 57.8 Å². The molecule has 0 atom stereocenters. The van der Waals surface area contributed by atoms with Gasteiger partial charge in [0.25, 0.3) is 0 Å². The molecule has 0 spiro atoms. The van der Waals surface area contributed by atoms with E-state index in [-0.39, 0.29) is 5.91 Å². The largest absolute Gasteiger partial charge is 0.461 e. The normalized spacial score (nSPS) is 13.4. The lowest BCUT2D eigenvalue weighted by molar-refractivity contribution is -0.117. The molecule has 0 heterocycles.